The van der Waals surface area contributed by atoms with Gasteiger partial charge in [-0.05, 0) is 56.7 Å². The topological polar surface area (TPSA) is 77.0 Å². The molecule has 1 aliphatic carbocycles. The van der Waals surface area contributed by atoms with Crippen LogP contribution in [0.5, 0.6) is 0 Å². The molecule has 2 amide bonds. The van der Waals surface area contributed by atoms with E-state index in [0.29, 0.717) is 13.1 Å². The lowest BCUT2D eigenvalue weighted by Crippen LogP contribution is -2.49. The quantitative estimate of drug-likeness (QED) is 0.299. The maximum Gasteiger partial charge on any atom is 0.253 e. The molecule has 0 atom stereocenters. The minimum atomic E-state index is -0.337. The van der Waals surface area contributed by atoms with E-state index in [-0.39, 0.29) is 41.2 Å². The Labute approximate surface area is 215 Å². The maximum atomic E-state index is 12.8. The first-order valence-electron chi connectivity index (χ1n) is 12.1. The van der Waals surface area contributed by atoms with Gasteiger partial charge in [-0.3, -0.25) is 9.59 Å². The van der Waals surface area contributed by atoms with E-state index >= 15 is 0 Å². The zero-order valence-electron chi connectivity index (χ0n) is 20.4. The van der Waals surface area contributed by atoms with E-state index in [9.17, 15) is 9.59 Å². The summed E-state index contributed by atoms with van der Waals surface area (Å²) in [5, 5.41) is 6.70. The number of nitrogens with zero attached hydrogens (tertiary/aromatic N) is 3. The Morgan fingerprint density at radius 3 is 2.21 bits per heavy atom. The van der Waals surface area contributed by atoms with E-state index in [0.717, 1.165) is 75.2 Å². The van der Waals surface area contributed by atoms with Crippen LogP contribution in [0.1, 0.15) is 67.8 Å². The number of aliphatic imine (C=N–C) groups is 1. The summed E-state index contributed by atoms with van der Waals surface area (Å²) in [6.45, 7) is 5.63. The molecular weight excluding hydrogens is 529 g/mol. The van der Waals surface area contributed by atoms with Gasteiger partial charge >= 0.3 is 0 Å². The number of hydrogen-bond donors (Lipinski definition) is 2. The van der Waals surface area contributed by atoms with Crippen molar-refractivity contribution in [1.82, 2.24) is 20.4 Å². The van der Waals surface area contributed by atoms with E-state index in [1.54, 1.807) is 4.90 Å². The molecule has 0 unspecified atom stereocenters. The van der Waals surface area contributed by atoms with E-state index in [4.69, 9.17) is 4.99 Å². The van der Waals surface area contributed by atoms with Crippen molar-refractivity contribution in [2.75, 3.05) is 40.3 Å². The van der Waals surface area contributed by atoms with Gasteiger partial charge in [-0.1, -0.05) is 25.0 Å². The summed E-state index contributed by atoms with van der Waals surface area (Å²) in [5.74, 6) is 1.05. The summed E-state index contributed by atoms with van der Waals surface area (Å²) < 4.78 is 0. The third kappa shape index (κ3) is 7.32. The van der Waals surface area contributed by atoms with Crippen molar-refractivity contribution in [2.45, 2.75) is 58.4 Å². The molecule has 1 aromatic rings. The molecule has 184 valence electrons. The van der Waals surface area contributed by atoms with Gasteiger partial charge in [0, 0.05) is 45.8 Å². The molecule has 0 bridgehead atoms. The van der Waals surface area contributed by atoms with Crippen LogP contribution in [-0.2, 0) is 11.3 Å². The SMILES string of the molecule is CCNC(=NCc1ccc(C(=O)N2CCCCC2)cc1)NCC1(C(=O)N(C)C)CCCC1.I. The molecule has 7 nitrogen and oxygen atoms in total. The lowest BCUT2D eigenvalue weighted by atomic mass is 9.84. The number of benzene rings is 1. The second-order valence-electron chi connectivity index (χ2n) is 9.29. The van der Waals surface area contributed by atoms with Crippen molar-refractivity contribution < 1.29 is 9.59 Å². The van der Waals surface area contributed by atoms with Crippen molar-refractivity contribution in [3.05, 3.63) is 35.4 Å². The van der Waals surface area contributed by atoms with Crippen molar-refractivity contribution in [2.24, 2.45) is 10.4 Å². The fraction of sp³-hybridized carbons (Fsp3) is 0.640. The second kappa shape index (κ2) is 13.2. The third-order valence-corrected chi connectivity index (χ3v) is 6.62. The number of piperidine rings is 1. The summed E-state index contributed by atoms with van der Waals surface area (Å²) in [6, 6.07) is 7.79. The Morgan fingerprint density at radius 2 is 1.64 bits per heavy atom. The van der Waals surface area contributed by atoms with Gasteiger partial charge in [0.2, 0.25) is 5.91 Å². The van der Waals surface area contributed by atoms with Crippen LogP contribution in [0.4, 0.5) is 0 Å². The Bertz CT molecular complexity index is 798. The molecule has 2 aliphatic rings. The number of rotatable bonds is 7. The molecular formula is C25H40IN5O2. The number of amides is 2. The standard InChI is InChI=1S/C25H39N5O2.HI/c1-4-26-24(28-19-25(14-6-7-15-25)23(32)29(2)3)27-18-20-10-12-21(13-11-20)22(31)30-16-8-5-9-17-30;/h10-13H,4-9,14-19H2,1-3H3,(H2,26,27,28);1H. The van der Waals surface area contributed by atoms with Gasteiger partial charge in [-0.2, -0.15) is 0 Å². The molecule has 0 aromatic heterocycles. The van der Waals surface area contributed by atoms with Crippen LogP contribution in [0.15, 0.2) is 29.3 Å². The van der Waals surface area contributed by atoms with Crippen molar-refractivity contribution in [1.29, 1.82) is 0 Å². The molecule has 3 rings (SSSR count). The number of nitrogens with one attached hydrogen (secondary N) is 2. The second-order valence-corrected chi connectivity index (χ2v) is 9.29. The predicted octanol–water partition coefficient (Wildman–Crippen LogP) is 3.63. The summed E-state index contributed by atoms with van der Waals surface area (Å²) in [5.41, 5.74) is 1.46. The highest BCUT2D eigenvalue weighted by atomic mass is 127. The van der Waals surface area contributed by atoms with Crippen LogP contribution in [0, 0.1) is 5.41 Å². The highest BCUT2D eigenvalue weighted by Crippen LogP contribution is 2.38. The average molecular weight is 570 g/mol. The van der Waals surface area contributed by atoms with Crippen molar-refractivity contribution >= 4 is 41.8 Å². The largest absolute Gasteiger partial charge is 0.357 e. The Kier molecular flexibility index (Phi) is 10.9. The van der Waals surface area contributed by atoms with E-state index in [1.807, 2.05) is 50.2 Å². The minimum Gasteiger partial charge on any atom is -0.357 e. The highest BCUT2D eigenvalue weighted by molar-refractivity contribution is 14.0. The van der Waals surface area contributed by atoms with Gasteiger partial charge in [0.1, 0.15) is 0 Å². The van der Waals surface area contributed by atoms with Crippen LogP contribution in [0.3, 0.4) is 0 Å². The van der Waals surface area contributed by atoms with Crippen LogP contribution in [0.25, 0.3) is 0 Å². The fourth-order valence-electron chi connectivity index (χ4n) is 4.79. The lowest BCUT2D eigenvalue weighted by molar-refractivity contribution is -0.138. The van der Waals surface area contributed by atoms with E-state index < -0.39 is 0 Å². The van der Waals surface area contributed by atoms with Gasteiger partial charge in [0.15, 0.2) is 5.96 Å². The molecule has 8 heteroatoms. The molecule has 0 radical (unpaired) electrons. The Morgan fingerprint density at radius 1 is 1.00 bits per heavy atom. The third-order valence-electron chi connectivity index (χ3n) is 6.62. The summed E-state index contributed by atoms with van der Waals surface area (Å²) >= 11 is 0. The smallest absolute Gasteiger partial charge is 0.253 e. The summed E-state index contributed by atoms with van der Waals surface area (Å²) in [6.07, 6.45) is 7.44. The number of carbonyl (C=O) groups is 2. The molecule has 0 spiro atoms. The number of carbonyl (C=O) groups excluding carboxylic acids is 2. The molecule has 1 aromatic carbocycles. The number of halogens is 1. The minimum absolute atomic E-state index is 0. The van der Waals surface area contributed by atoms with Crippen LogP contribution < -0.4 is 10.6 Å². The van der Waals surface area contributed by atoms with Gasteiger partial charge in [0.05, 0.1) is 12.0 Å². The van der Waals surface area contributed by atoms with Crippen LogP contribution >= 0.6 is 24.0 Å². The monoisotopic (exact) mass is 569 g/mol. The molecule has 1 aliphatic heterocycles. The Balaban J connectivity index is 0.00000385. The molecule has 1 heterocycles. The van der Waals surface area contributed by atoms with Gasteiger partial charge < -0.3 is 20.4 Å². The first kappa shape index (κ1) is 27.4. The van der Waals surface area contributed by atoms with Gasteiger partial charge in [-0.25, -0.2) is 4.99 Å². The molecule has 33 heavy (non-hydrogen) atoms. The normalized spacial score (nSPS) is 17.8. The molecule has 1 saturated carbocycles. The number of guanidine groups is 1. The van der Waals surface area contributed by atoms with Crippen molar-refractivity contribution in [3.8, 4) is 0 Å². The average Bonchev–Trinajstić information content (AvgIpc) is 3.31. The molecule has 2 fully saturated rings. The molecule has 1 saturated heterocycles. The van der Waals surface area contributed by atoms with E-state index in [1.165, 1.54) is 6.42 Å². The maximum absolute atomic E-state index is 12.8. The fourth-order valence-corrected chi connectivity index (χ4v) is 4.79. The van der Waals surface area contributed by atoms with Crippen molar-refractivity contribution in [3.63, 3.8) is 0 Å². The first-order valence-corrected chi connectivity index (χ1v) is 12.1. The highest BCUT2D eigenvalue weighted by Gasteiger charge is 2.42. The predicted molar refractivity (Wildman–Crippen MR) is 144 cm³/mol. The molecule has 2 N–H and O–H groups in total. The van der Waals surface area contributed by atoms with Gasteiger partial charge in [0.25, 0.3) is 5.91 Å². The summed E-state index contributed by atoms with van der Waals surface area (Å²) in [4.78, 5) is 33.9. The Hall–Kier alpha value is -1.84. The van der Waals surface area contributed by atoms with Crippen LogP contribution in [-0.4, -0.2) is 67.8 Å². The first-order chi connectivity index (χ1) is 15.4. The number of hydrogen-bond acceptors (Lipinski definition) is 3. The lowest BCUT2D eigenvalue weighted by Gasteiger charge is -2.31. The summed E-state index contributed by atoms with van der Waals surface area (Å²) in [7, 11) is 3.67. The van der Waals surface area contributed by atoms with Gasteiger partial charge in [-0.15, -0.1) is 24.0 Å². The zero-order chi connectivity index (χ0) is 23.0. The number of likely N-dealkylation sites (tertiary alicyclic amines) is 1. The van der Waals surface area contributed by atoms with E-state index in [2.05, 4.69) is 10.6 Å². The zero-order valence-corrected chi connectivity index (χ0v) is 22.7. The van der Waals surface area contributed by atoms with Crippen LogP contribution in [0.2, 0.25) is 0 Å².